The van der Waals surface area contributed by atoms with Gasteiger partial charge in [0, 0.05) is 18.8 Å². The summed E-state index contributed by atoms with van der Waals surface area (Å²) in [5.41, 5.74) is 3.97. The molecule has 0 spiro atoms. The number of hydrogen-bond acceptors (Lipinski definition) is 2. The number of aromatic nitrogens is 2. The Morgan fingerprint density at radius 2 is 1.94 bits per heavy atom. The zero-order valence-corrected chi connectivity index (χ0v) is 12.3. The quantitative estimate of drug-likeness (QED) is 0.889. The molecule has 0 saturated heterocycles. The molecule has 3 nitrogen and oxygen atoms in total. The Morgan fingerprint density at radius 1 is 1.28 bits per heavy atom. The smallest absolute Gasteiger partial charge is 0.0628 e. The van der Waals surface area contributed by atoms with Crippen molar-refractivity contribution < 1.29 is 0 Å². The van der Waals surface area contributed by atoms with Gasteiger partial charge in [-0.05, 0) is 51.6 Å². The molecule has 0 bridgehead atoms. The second kappa shape index (κ2) is 5.87. The minimum atomic E-state index is 0.618. The van der Waals surface area contributed by atoms with Gasteiger partial charge in [-0.25, -0.2) is 0 Å². The first kappa shape index (κ1) is 13.6. The molecule has 1 unspecified atom stereocenters. The van der Waals surface area contributed by atoms with Crippen LogP contribution in [0.4, 0.5) is 0 Å². The van der Waals surface area contributed by atoms with Crippen LogP contribution in [-0.4, -0.2) is 22.9 Å². The zero-order valence-electron chi connectivity index (χ0n) is 12.3. The molecule has 0 aromatic carbocycles. The average Bonchev–Trinajstić information content (AvgIpc) is 2.62. The molecule has 1 heterocycles. The summed E-state index contributed by atoms with van der Waals surface area (Å²) in [7, 11) is 4.15. The van der Waals surface area contributed by atoms with Crippen LogP contribution in [0.25, 0.3) is 0 Å². The summed E-state index contributed by atoms with van der Waals surface area (Å²) in [5.74, 6) is 0.850. The van der Waals surface area contributed by atoms with Crippen molar-refractivity contribution in [2.45, 2.75) is 58.4 Å². The normalized spacial score (nSPS) is 19.1. The topological polar surface area (TPSA) is 29.9 Å². The Hall–Kier alpha value is -0.830. The maximum absolute atomic E-state index is 4.53. The van der Waals surface area contributed by atoms with Crippen molar-refractivity contribution in [1.29, 1.82) is 0 Å². The fraction of sp³-hybridized carbons (Fsp3) is 0.800. The van der Waals surface area contributed by atoms with E-state index in [4.69, 9.17) is 0 Å². The van der Waals surface area contributed by atoms with Crippen LogP contribution in [0.15, 0.2) is 0 Å². The SMILES string of the molecule is CNC(Cc1c(C)nn(C)c1C)C1CCCCC1. The number of hydrogen-bond donors (Lipinski definition) is 1. The van der Waals surface area contributed by atoms with Gasteiger partial charge in [0.2, 0.25) is 0 Å². The van der Waals surface area contributed by atoms with Crippen LogP contribution in [-0.2, 0) is 13.5 Å². The third-order valence-corrected chi connectivity index (χ3v) is 4.67. The standard InChI is InChI=1S/C15H27N3/c1-11-14(12(2)18(4)17-11)10-15(16-3)13-8-6-5-7-9-13/h13,15-16H,5-10H2,1-4H3. The van der Waals surface area contributed by atoms with Crippen LogP contribution in [0.2, 0.25) is 0 Å². The molecule has 1 N–H and O–H groups in total. The lowest BCUT2D eigenvalue weighted by molar-refractivity contribution is 0.276. The first-order chi connectivity index (χ1) is 8.63. The molecule has 1 fully saturated rings. The van der Waals surface area contributed by atoms with Gasteiger partial charge >= 0.3 is 0 Å². The number of nitrogens with zero attached hydrogens (tertiary/aromatic N) is 2. The van der Waals surface area contributed by atoms with Crippen LogP contribution in [0.1, 0.15) is 49.1 Å². The van der Waals surface area contributed by atoms with Crippen LogP contribution < -0.4 is 5.32 Å². The third kappa shape index (κ3) is 2.77. The van der Waals surface area contributed by atoms with E-state index in [2.05, 4.69) is 31.3 Å². The maximum atomic E-state index is 4.53. The summed E-state index contributed by atoms with van der Waals surface area (Å²) in [6, 6.07) is 0.618. The Bertz CT molecular complexity index is 389. The predicted octanol–water partition coefficient (Wildman–Crippen LogP) is 2.75. The Kier molecular flexibility index (Phi) is 4.44. The summed E-state index contributed by atoms with van der Waals surface area (Å²) < 4.78 is 2.01. The second-order valence-electron chi connectivity index (χ2n) is 5.77. The van der Waals surface area contributed by atoms with Crippen molar-refractivity contribution in [1.82, 2.24) is 15.1 Å². The van der Waals surface area contributed by atoms with Gasteiger partial charge in [0.1, 0.15) is 0 Å². The number of rotatable bonds is 4. The monoisotopic (exact) mass is 249 g/mol. The highest BCUT2D eigenvalue weighted by molar-refractivity contribution is 5.25. The molecule has 0 amide bonds. The van der Waals surface area contributed by atoms with E-state index < -0.39 is 0 Å². The van der Waals surface area contributed by atoms with Crippen molar-refractivity contribution >= 4 is 0 Å². The molecule has 1 aliphatic rings. The molecule has 1 saturated carbocycles. The van der Waals surface area contributed by atoms with Crippen molar-refractivity contribution in [2.24, 2.45) is 13.0 Å². The highest BCUT2D eigenvalue weighted by Crippen LogP contribution is 2.28. The summed E-state index contributed by atoms with van der Waals surface area (Å²) >= 11 is 0. The number of aryl methyl sites for hydroxylation is 2. The number of nitrogens with one attached hydrogen (secondary N) is 1. The molecule has 0 aliphatic heterocycles. The molecule has 3 heteroatoms. The number of likely N-dealkylation sites (N-methyl/N-ethyl adjacent to an activating group) is 1. The minimum absolute atomic E-state index is 0.618. The summed E-state index contributed by atoms with van der Waals surface area (Å²) in [6.07, 6.45) is 8.17. The van der Waals surface area contributed by atoms with Gasteiger partial charge in [0.15, 0.2) is 0 Å². The molecule has 0 radical (unpaired) electrons. The average molecular weight is 249 g/mol. The van der Waals surface area contributed by atoms with E-state index in [1.54, 1.807) is 0 Å². The molecular formula is C15H27N3. The van der Waals surface area contributed by atoms with E-state index in [0.717, 1.165) is 12.3 Å². The molecule has 1 aromatic heterocycles. The van der Waals surface area contributed by atoms with E-state index in [1.165, 1.54) is 49.1 Å². The van der Waals surface area contributed by atoms with Crippen molar-refractivity contribution in [2.75, 3.05) is 7.05 Å². The lowest BCUT2D eigenvalue weighted by Gasteiger charge is -2.30. The van der Waals surface area contributed by atoms with Gasteiger partial charge in [-0.3, -0.25) is 4.68 Å². The molecule has 1 aromatic rings. The summed E-state index contributed by atoms with van der Waals surface area (Å²) in [4.78, 5) is 0. The second-order valence-corrected chi connectivity index (χ2v) is 5.77. The van der Waals surface area contributed by atoms with Crippen molar-refractivity contribution in [3.8, 4) is 0 Å². The van der Waals surface area contributed by atoms with Crippen LogP contribution in [0.5, 0.6) is 0 Å². The summed E-state index contributed by atoms with van der Waals surface area (Å²) in [6.45, 7) is 4.32. The third-order valence-electron chi connectivity index (χ3n) is 4.67. The van der Waals surface area contributed by atoms with E-state index in [-0.39, 0.29) is 0 Å². The molecule has 1 aliphatic carbocycles. The van der Waals surface area contributed by atoms with Gasteiger partial charge in [-0.15, -0.1) is 0 Å². The highest BCUT2D eigenvalue weighted by atomic mass is 15.3. The van der Waals surface area contributed by atoms with Crippen LogP contribution in [0, 0.1) is 19.8 Å². The van der Waals surface area contributed by atoms with Crippen molar-refractivity contribution in [3.05, 3.63) is 17.0 Å². The van der Waals surface area contributed by atoms with E-state index in [9.17, 15) is 0 Å². The fourth-order valence-corrected chi connectivity index (χ4v) is 3.37. The molecule has 18 heavy (non-hydrogen) atoms. The van der Waals surface area contributed by atoms with E-state index in [1.807, 2.05) is 11.7 Å². The molecule has 2 rings (SSSR count). The van der Waals surface area contributed by atoms with E-state index in [0.29, 0.717) is 6.04 Å². The summed E-state index contributed by atoms with van der Waals surface area (Å²) in [5, 5.41) is 8.08. The first-order valence-electron chi connectivity index (χ1n) is 7.29. The van der Waals surface area contributed by atoms with Crippen LogP contribution in [0.3, 0.4) is 0 Å². The molecule has 102 valence electrons. The van der Waals surface area contributed by atoms with Gasteiger partial charge in [-0.1, -0.05) is 19.3 Å². The molecule has 1 atom stereocenters. The van der Waals surface area contributed by atoms with Gasteiger partial charge < -0.3 is 5.32 Å². The van der Waals surface area contributed by atoms with Gasteiger partial charge in [0.25, 0.3) is 0 Å². The lowest BCUT2D eigenvalue weighted by Crippen LogP contribution is -2.37. The Morgan fingerprint density at radius 3 is 2.44 bits per heavy atom. The lowest BCUT2D eigenvalue weighted by atomic mass is 9.81. The maximum Gasteiger partial charge on any atom is 0.0628 e. The first-order valence-corrected chi connectivity index (χ1v) is 7.29. The zero-order chi connectivity index (χ0) is 13.1. The van der Waals surface area contributed by atoms with Crippen LogP contribution >= 0.6 is 0 Å². The minimum Gasteiger partial charge on any atom is -0.316 e. The Balaban J connectivity index is 2.09. The van der Waals surface area contributed by atoms with E-state index >= 15 is 0 Å². The van der Waals surface area contributed by atoms with Gasteiger partial charge in [0.05, 0.1) is 5.69 Å². The Labute approximate surface area is 111 Å². The molecular weight excluding hydrogens is 222 g/mol. The largest absolute Gasteiger partial charge is 0.316 e. The predicted molar refractivity (Wildman–Crippen MR) is 75.8 cm³/mol. The highest BCUT2D eigenvalue weighted by Gasteiger charge is 2.24. The fourth-order valence-electron chi connectivity index (χ4n) is 3.37. The van der Waals surface area contributed by atoms with Gasteiger partial charge in [-0.2, -0.15) is 5.10 Å². The van der Waals surface area contributed by atoms with Crippen molar-refractivity contribution in [3.63, 3.8) is 0 Å².